The molecule has 2 aromatic carbocycles. The minimum Gasteiger partial charge on any atom is -0.494 e. The fraction of sp³-hybridized carbons (Fsp3) is 0.333. The molecule has 7 heteroatoms. The number of hydrogen-bond acceptors (Lipinski definition) is 5. The van der Waals surface area contributed by atoms with Crippen LogP contribution in [0.25, 0.3) is 0 Å². The molecule has 0 bridgehead atoms. The lowest BCUT2D eigenvalue weighted by Crippen LogP contribution is -2.49. The number of ether oxygens (including phenoxy) is 2. The van der Waals surface area contributed by atoms with Gasteiger partial charge in [0.05, 0.1) is 19.5 Å². The van der Waals surface area contributed by atoms with Crippen LogP contribution in [0.2, 0.25) is 0 Å². The summed E-state index contributed by atoms with van der Waals surface area (Å²) in [6.07, 6.45) is 1.62. The molecule has 0 fully saturated rings. The van der Waals surface area contributed by atoms with E-state index in [0.717, 1.165) is 16.9 Å². The molecule has 180 valence electrons. The second-order valence-corrected chi connectivity index (χ2v) is 8.26. The molecule has 7 nitrogen and oxygen atoms in total. The summed E-state index contributed by atoms with van der Waals surface area (Å²) in [5.41, 5.74) is 2.43. The van der Waals surface area contributed by atoms with Gasteiger partial charge in [-0.05, 0) is 60.4 Å². The Morgan fingerprint density at radius 2 is 1.74 bits per heavy atom. The summed E-state index contributed by atoms with van der Waals surface area (Å²) in [5.74, 6) is 0.871. The van der Waals surface area contributed by atoms with Gasteiger partial charge in [0.1, 0.15) is 24.2 Å². The first kappa shape index (κ1) is 25.1. The minimum absolute atomic E-state index is 0.0759. The van der Waals surface area contributed by atoms with Crippen LogP contribution in [0, 0.1) is 5.92 Å². The smallest absolute Gasteiger partial charge is 0.251 e. The van der Waals surface area contributed by atoms with E-state index in [1.54, 1.807) is 30.5 Å². The molecular formula is C27H32N2O5. The molecule has 1 unspecified atom stereocenters. The fourth-order valence-electron chi connectivity index (χ4n) is 3.42. The second kappa shape index (κ2) is 12.6. The van der Waals surface area contributed by atoms with Gasteiger partial charge in [-0.15, -0.1) is 0 Å². The zero-order chi connectivity index (χ0) is 24.3. The van der Waals surface area contributed by atoms with Crippen molar-refractivity contribution >= 4 is 11.8 Å². The van der Waals surface area contributed by atoms with Crippen molar-refractivity contribution < 1.29 is 23.5 Å². The third-order valence-electron chi connectivity index (χ3n) is 5.21. The van der Waals surface area contributed by atoms with Crippen LogP contribution < -0.4 is 15.4 Å². The van der Waals surface area contributed by atoms with Gasteiger partial charge in [0.15, 0.2) is 0 Å². The van der Waals surface area contributed by atoms with E-state index in [9.17, 15) is 9.59 Å². The van der Waals surface area contributed by atoms with Crippen molar-refractivity contribution in [2.24, 2.45) is 5.92 Å². The minimum atomic E-state index is -0.654. The summed E-state index contributed by atoms with van der Waals surface area (Å²) >= 11 is 0. The molecule has 1 aromatic heterocycles. The van der Waals surface area contributed by atoms with Gasteiger partial charge in [-0.25, -0.2) is 0 Å². The summed E-state index contributed by atoms with van der Waals surface area (Å²) in [7, 11) is 0. The molecule has 1 heterocycles. The van der Waals surface area contributed by atoms with Gasteiger partial charge in [0.2, 0.25) is 5.91 Å². The topological polar surface area (TPSA) is 89.8 Å². The first-order chi connectivity index (χ1) is 16.5. The van der Waals surface area contributed by atoms with Crippen molar-refractivity contribution in [3.8, 4) is 5.75 Å². The Morgan fingerprint density at radius 3 is 2.41 bits per heavy atom. The van der Waals surface area contributed by atoms with E-state index in [2.05, 4.69) is 10.6 Å². The van der Waals surface area contributed by atoms with Crippen LogP contribution in [0.5, 0.6) is 5.75 Å². The van der Waals surface area contributed by atoms with Gasteiger partial charge in [0.25, 0.3) is 5.91 Å². The van der Waals surface area contributed by atoms with Gasteiger partial charge < -0.3 is 24.5 Å². The molecule has 0 saturated heterocycles. The van der Waals surface area contributed by atoms with E-state index in [0.29, 0.717) is 37.7 Å². The molecule has 2 amide bonds. The monoisotopic (exact) mass is 464 g/mol. The maximum Gasteiger partial charge on any atom is 0.251 e. The highest BCUT2D eigenvalue weighted by atomic mass is 16.5. The Labute approximate surface area is 200 Å². The van der Waals surface area contributed by atoms with Crippen LogP contribution in [0.1, 0.15) is 48.0 Å². The molecule has 0 aliphatic rings. The first-order valence-corrected chi connectivity index (χ1v) is 11.5. The fourth-order valence-corrected chi connectivity index (χ4v) is 3.42. The van der Waals surface area contributed by atoms with Crippen molar-refractivity contribution in [1.29, 1.82) is 0 Å². The van der Waals surface area contributed by atoms with Crippen LogP contribution in [0.3, 0.4) is 0 Å². The molecule has 0 radical (unpaired) electrons. The number of hydrogen-bond donors (Lipinski definition) is 2. The molecule has 2 N–H and O–H groups in total. The molecule has 3 aromatic rings. The number of furan rings is 1. The summed E-state index contributed by atoms with van der Waals surface area (Å²) in [6, 6.07) is 17.7. The largest absolute Gasteiger partial charge is 0.494 e. The molecule has 0 spiro atoms. The predicted molar refractivity (Wildman–Crippen MR) is 129 cm³/mol. The van der Waals surface area contributed by atoms with Crippen molar-refractivity contribution in [2.75, 3.05) is 6.61 Å². The second-order valence-electron chi connectivity index (χ2n) is 8.26. The Balaban J connectivity index is 1.52. The standard InChI is InChI=1S/C27H32N2O5/c1-4-33-23-12-10-22(11-13-23)26(30)29-25(19(2)3)27(31)28-16-20-7-5-8-21(15-20)17-32-18-24-9-6-14-34-24/h5-15,19,25H,4,16-18H2,1-3H3,(H,28,31)(H,29,30). The van der Waals surface area contributed by atoms with Crippen LogP contribution >= 0.6 is 0 Å². The number of carbonyl (C=O) groups excluding carboxylic acids is 2. The van der Waals surface area contributed by atoms with Gasteiger partial charge in [-0.3, -0.25) is 9.59 Å². The van der Waals surface area contributed by atoms with Crippen LogP contribution in [-0.2, 0) is 29.3 Å². The first-order valence-electron chi connectivity index (χ1n) is 11.5. The van der Waals surface area contributed by atoms with Crippen LogP contribution in [-0.4, -0.2) is 24.5 Å². The summed E-state index contributed by atoms with van der Waals surface area (Å²) in [4.78, 5) is 25.6. The molecular weight excluding hydrogens is 432 g/mol. The Kier molecular flexibility index (Phi) is 9.29. The molecule has 0 saturated carbocycles. The van der Waals surface area contributed by atoms with Crippen molar-refractivity contribution in [2.45, 2.75) is 46.6 Å². The van der Waals surface area contributed by atoms with Crippen LogP contribution in [0.15, 0.2) is 71.3 Å². The number of nitrogens with one attached hydrogen (secondary N) is 2. The van der Waals surface area contributed by atoms with E-state index in [4.69, 9.17) is 13.9 Å². The quantitative estimate of drug-likeness (QED) is 0.413. The highest BCUT2D eigenvalue weighted by Gasteiger charge is 2.24. The molecule has 3 rings (SSSR count). The van der Waals surface area contributed by atoms with Gasteiger partial charge in [-0.2, -0.15) is 0 Å². The summed E-state index contributed by atoms with van der Waals surface area (Å²) < 4.78 is 16.4. The third-order valence-corrected chi connectivity index (χ3v) is 5.21. The van der Waals surface area contributed by atoms with E-state index in [-0.39, 0.29) is 17.7 Å². The highest BCUT2D eigenvalue weighted by molar-refractivity contribution is 5.97. The summed E-state index contributed by atoms with van der Waals surface area (Å²) in [6.45, 7) is 7.46. The predicted octanol–water partition coefficient (Wildman–Crippen LogP) is 4.47. The molecule has 34 heavy (non-hydrogen) atoms. The Hall–Kier alpha value is -3.58. The lowest BCUT2D eigenvalue weighted by atomic mass is 10.0. The SMILES string of the molecule is CCOc1ccc(C(=O)NC(C(=O)NCc2cccc(COCc3ccco3)c2)C(C)C)cc1. The Morgan fingerprint density at radius 1 is 0.971 bits per heavy atom. The van der Waals surface area contributed by atoms with Gasteiger partial charge in [0, 0.05) is 12.1 Å². The van der Waals surface area contributed by atoms with Crippen LogP contribution in [0.4, 0.5) is 0 Å². The number of amides is 2. The lowest BCUT2D eigenvalue weighted by Gasteiger charge is -2.22. The summed E-state index contributed by atoms with van der Waals surface area (Å²) in [5, 5.41) is 5.79. The van der Waals surface area contributed by atoms with Gasteiger partial charge in [-0.1, -0.05) is 38.1 Å². The third kappa shape index (κ3) is 7.49. The van der Waals surface area contributed by atoms with Gasteiger partial charge >= 0.3 is 0 Å². The average Bonchev–Trinajstić information content (AvgIpc) is 3.35. The van der Waals surface area contributed by atoms with E-state index < -0.39 is 6.04 Å². The maximum absolute atomic E-state index is 12.9. The highest BCUT2D eigenvalue weighted by Crippen LogP contribution is 2.13. The number of carbonyl (C=O) groups is 2. The normalized spacial score (nSPS) is 11.8. The Bertz CT molecular complexity index is 1050. The maximum atomic E-state index is 12.9. The zero-order valence-corrected chi connectivity index (χ0v) is 19.9. The number of benzene rings is 2. The van der Waals surface area contributed by atoms with E-state index >= 15 is 0 Å². The molecule has 0 aliphatic carbocycles. The van der Waals surface area contributed by atoms with Crippen molar-refractivity contribution in [1.82, 2.24) is 10.6 Å². The molecule has 0 aliphatic heterocycles. The van der Waals surface area contributed by atoms with E-state index in [1.807, 2.05) is 57.2 Å². The average molecular weight is 465 g/mol. The zero-order valence-electron chi connectivity index (χ0n) is 19.9. The lowest BCUT2D eigenvalue weighted by molar-refractivity contribution is -0.124. The van der Waals surface area contributed by atoms with Crippen molar-refractivity contribution in [3.05, 3.63) is 89.4 Å². The van der Waals surface area contributed by atoms with E-state index in [1.165, 1.54) is 0 Å². The molecule has 1 atom stereocenters. The number of rotatable bonds is 12. The van der Waals surface area contributed by atoms with Crippen molar-refractivity contribution in [3.63, 3.8) is 0 Å².